The van der Waals surface area contributed by atoms with Gasteiger partial charge in [0, 0.05) is 12.6 Å². The van der Waals surface area contributed by atoms with Gasteiger partial charge in [0.1, 0.15) is 6.04 Å². The molecule has 0 radical (unpaired) electrons. The first-order valence-electron chi connectivity index (χ1n) is 19.2. The number of hydrogen-bond donors (Lipinski definition) is 19. The molecular weight excluding hydrogens is 883 g/mol. The van der Waals surface area contributed by atoms with Crippen molar-refractivity contribution in [2.24, 2.45) is 17.2 Å². The number of nitrogens with two attached hydrogens (primary N) is 3. The molecule has 0 fully saturated rings. The van der Waals surface area contributed by atoms with Crippen LogP contribution in [0.3, 0.4) is 0 Å². The van der Waals surface area contributed by atoms with E-state index in [1.54, 1.807) is 18.2 Å². The predicted octanol–water partition coefficient (Wildman–Crippen LogP) is 3.84. The van der Waals surface area contributed by atoms with Crippen LogP contribution in [-0.4, -0.2) is 113 Å². The molecule has 22 N–H and O–H groups in total. The lowest BCUT2D eigenvalue weighted by Gasteiger charge is -2.08. The van der Waals surface area contributed by atoms with Gasteiger partial charge in [-0.25, -0.2) is 4.79 Å². The SMILES string of the molecule is NCC(O)c1ccc(O)c(O)c1.NCCc1ccc(O)c(O)c1.N[C@@H](Cc1ccc(O)c(O)c1)C(=O)O.O=C(O)/C=C/c1ccc(O)c(O)c1.Oc1cccc(O)c1O.Oc1ccccc1O. The summed E-state index contributed by atoms with van der Waals surface area (Å²) in [7, 11) is 0. The number of aromatic hydroxyl groups is 13. The van der Waals surface area contributed by atoms with Crippen LogP contribution in [-0.2, 0) is 22.4 Å². The Morgan fingerprint density at radius 3 is 1.31 bits per heavy atom. The van der Waals surface area contributed by atoms with Gasteiger partial charge in [-0.3, -0.25) is 4.79 Å². The summed E-state index contributed by atoms with van der Waals surface area (Å²) in [4.78, 5) is 20.5. The molecule has 0 aliphatic heterocycles. The third-order valence-electron chi connectivity index (χ3n) is 8.19. The molecule has 0 spiro atoms. The van der Waals surface area contributed by atoms with E-state index in [4.69, 9.17) is 93.8 Å². The number of carboxylic acid groups (broad SMARTS) is 2. The summed E-state index contributed by atoms with van der Waals surface area (Å²) in [5, 5.41) is 141. The number of para-hydroxylation sites is 3. The molecule has 360 valence electrons. The minimum absolute atomic E-state index is 0.0764. The van der Waals surface area contributed by atoms with Crippen LogP contribution in [0.1, 0.15) is 28.4 Å². The molecule has 1 unspecified atom stereocenters. The van der Waals surface area contributed by atoms with Crippen LogP contribution in [0.15, 0.2) is 121 Å². The zero-order chi connectivity index (χ0) is 50.8. The molecule has 0 saturated heterocycles. The Morgan fingerprint density at radius 2 is 0.910 bits per heavy atom. The molecule has 0 heterocycles. The van der Waals surface area contributed by atoms with Crippen molar-refractivity contribution in [1.82, 2.24) is 0 Å². The number of rotatable bonds is 9. The molecule has 0 aliphatic rings. The van der Waals surface area contributed by atoms with E-state index in [0.29, 0.717) is 29.7 Å². The van der Waals surface area contributed by atoms with Gasteiger partial charge in [0.05, 0.1) is 6.10 Å². The summed E-state index contributed by atoms with van der Waals surface area (Å²) in [6.45, 7) is 0.633. The number of carboxylic acids is 2. The van der Waals surface area contributed by atoms with Crippen LogP contribution in [0.25, 0.3) is 6.08 Å². The largest absolute Gasteiger partial charge is 0.504 e. The van der Waals surface area contributed by atoms with E-state index in [0.717, 1.165) is 11.6 Å². The minimum atomic E-state index is -1.10. The van der Waals surface area contributed by atoms with E-state index >= 15 is 0 Å². The molecule has 0 aliphatic carbocycles. The van der Waals surface area contributed by atoms with E-state index in [1.165, 1.54) is 103 Å². The molecule has 2 atom stereocenters. The van der Waals surface area contributed by atoms with Crippen molar-refractivity contribution in [2.45, 2.75) is 25.0 Å². The van der Waals surface area contributed by atoms with Crippen molar-refractivity contribution in [3.05, 3.63) is 144 Å². The second kappa shape index (κ2) is 28.8. The Balaban J connectivity index is 0.000000405. The highest BCUT2D eigenvalue weighted by Gasteiger charge is 2.13. The van der Waals surface area contributed by atoms with Crippen LogP contribution >= 0.6 is 0 Å². The molecule has 0 saturated carbocycles. The molecule has 0 bridgehead atoms. The first-order valence-corrected chi connectivity index (χ1v) is 19.2. The second-order valence-corrected chi connectivity index (χ2v) is 13.4. The van der Waals surface area contributed by atoms with Gasteiger partial charge in [0.2, 0.25) is 0 Å². The number of phenols is 13. The quantitative estimate of drug-likeness (QED) is 0.0723. The third kappa shape index (κ3) is 21.4. The highest BCUT2D eigenvalue weighted by Crippen LogP contribution is 2.33. The fourth-order valence-electron chi connectivity index (χ4n) is 4.61. The lowest BCUT2D eigenvalue weighted by molar-refractivity contribution is -0.138. The fourth-order valence-corrected chi connectivity index (χ4v) is 4.61. The number of aliphatic carboxylic acids is 2. The van der Waals surface area contributed by atoms with Crippen molar-refractivity contribution < 1.29 is 91.3 Å². The van der Waals surface area contributed by atoms with Gasteiger partial charge < -0.3 is 98.9 Å². The van der Waals surface area contributed by atoms with Crippen molar-refractivity contribution in [3.8, 4) is 74.7 Å². The van der Waals surface area contributed by atoms with Crippen LogP contribution in [0, 0.1) is 0 Å². The monoisotopic (exact) mass is 935 g/mol. The highest BCUT2D eigenvalue weighted by molar-refractivity contribution is 5.85. The van der Waals surface area contributed by atoms with Crippen molar-refractivity contribution in [1.29, 1.82) is 0 Å². The van der Waals surface area contributed by atoms with Crippen molar-refractivity contribution in [3.63, 3.8) is 0 Å². The van der Waals surface area contributed by atoms with E-state index in [1.807, 2.05) is 0 Å². The Bertz CT molecular complexity index is 2480. The maximum Gasteiger partial charge on any atom is 0.328 e. The van der Waals surface area contributed by atoms with Crippen LogP contribution in [0.4, 0.5) is 0 Å². The molecule has 6 aromatic carbocycles. The molecule has 67 heavy (non-hydrogen) atoms. The normalized spacial score (nSPS) is 10.9. The average molecular weight is 936 g/mol. The number of carbonyl (C=O) groups is 2. The maximum absolute atomic E-state index is 10.4. The summed E-state index contributed by atoms with van der Waals surface area (Å²) < 4.78 is 0. The lowest BCUT2D eigenvalue weighted by atomic mass is 10.1. The summed E-state index contributed by atoms with van der Waals surface area (Å²) in [5.74, 6) is -5.06. The predicted molar refractivity (Wildman–Crippen MR) is 243 cm³/mol. The zero-order valence-electron chi connectivity index (χ0n) is 35.3. The number of aliphatic hydroxyl groups is 1. The van der Waals surface area contributed by atoms with Gasteiger partial charge in [-0.2, -0.15) is 0 Å². The van der Waals surface area contributed by atoms with Gasteiger partial charge in [0.15, 0.2) is 74.7 Å². The van der Waals surface area contributed by atoms with Crippen LogP contribution < -0.4 is 17.2 Å². The topological polar surface area (TPSA) is 436 Å². The number of benzene rings is 6. The smallest absolute Gasteiger partial charge is 0.328 e. The number of hydrogen-bond acceptors (Lipinski definition) is 19. The Morgan fingerprint density at radius 1 is 0.493 bits per heavy atom. The number of phenolic OH excluding ortho intramolecular Hbond substituents is 13. The molecule has 21 heteroatoms. The standard InChI is InChI=1S/C9H11NO4.C9H8O4.C8H11NO3.C8H11NO2.C6H6O3.C6H6O2/c10-6(9(13)14)3-5-1-2-7(11)8(12)4-5;10-7-3-1-6(5-8(7)11)2-4-9(12)13;9-4-8(12)5-1-2-6(10)7(11)3-5;9-4-3-6-1-2-7(10)8(11)5-6;7-4-2-1-3-5(8)6(4)9;7-5-3-1-2-4-6(5)8/h1-2,4,6,11-12H,3,10H2,(H,13,14);1-5,10-11H,(H,12,13);1-3,8,10-12H,4,9H2;1-2,5,10-11H,3-4,9H2;1-3,7-9H;1-4,7-8H/b;4-2+;;;;/t6-;;;;;/m0...../s1. The molecule has 0 amide bonds. The van der Waals surface area contributed by atoms with E-state index in [2.05, 4.69) is 0 Å². The Hall–Kier alpha value is -8.76. The molecule has 6 aromatic rings. The maximum atomic E-state index is 10.4. The Kier molecular flexibility index (Phi) is 24.2. The average Bonchev–Trinajstić information content (AvgIpc) is 3.28. The third-order valence-corrected chi connectivity index (χ3v) is 8.19. The van der Waals surface area contributed by atoms with Gasteiger partial charge in [-0.15, -0.1) is 0 Å². The zero-order valence-corrected chi connectivity index (χ0v) is 35.3. The molecule has 21 nitrogen and oxygen atoms in total. The minimum Gasteiger partial charge on any atom is -0.504 e. The van der Waals surface area contributed by atoms with Crippen molar-refractivity contribution in [2.75, 3.05) is 13.1 Å². The Labute approximate surface area is 382 Å². The van der Waals surface area contributed by atoms with Gasteiger partial charge >= 0.3 is 11.9 Å². The van der Waals surface area contributed by atoms with E-state index in [-0.39, 0.29) is 82.0 Å². The molecule has 6 rings (SSSR count). The van der Waals surface area contributed by atoms with Crippen molar-refractivity contribution >= 4 is 18.0 Å². The molecule has 0 aromatic heterocycles. The van der Waals surface area contributed by atoms with Crippen LogP contribution in [0.5, 0.6) is 74.7 Å². The number of aliphatic hydroxyl groups excluding tert-OH is 1. The summed E-state index contributed by atoms with van der Waals surface area (Å²) in [6.07, 6.45) is 2.31. The summed E-state index contributed by atoms with van der Waals surface area (Å²) >= 11 is 0. The van der Waals surface area contributed by atoms with E-state index < -0.39 is 29.8 Å². The fraction of sp³-hybridized carbons (Fsp3) is 0.130. The summed E-state index contributed by atoms with van der Waals surface area (Å²) in [6, 6.07) is 26.1. The highest BCUT2D eigenvalue weighted by atomic mass is 16.4. The summed E-state index contributed by atoms with van der Waals surface area (Å²) in [5.41, 5.74) is 18.3. The molecular formula is C46H53N3O18. The first kappa shape index (κ1) is 56.3. The van der Waals surface area contributed by atoms with Gasteiger partial charge in [-0.1, -0.05) is 42.5 Å². The van der Waals surface area contributed by atoms with Gasteiger partial charge in [0.25, 0.3) is 0 Å². The van der Waals surface area contributed by atoms with Gasteiger partial charge in [-0.05, 0) is 121 Å². The van der Waals surface area contributed by atoms with E-state index in [9.17, 15) is 14.7 Å². The lowest BCUT2D eigenvalue weighted by Crippen LogP contribution is -2.32. The second-order valence-electron chi connectivity index (χ2n) is 13.4. The van der Waals surface area contributed by atoms with Crippen LogP contribution in [0.2, 0.25) is 0 Å². The first-order chi connectivity index (χ1) is 31.5.